The summed E-state index contributed by atoms with van der Waals surface area (Å²) in [6.45, 7) is 0.622. The van der Waals surface area contributed by atoms with Crippen molar-refractivity contribution in [1.82, 2.24) is 0 Å². The third-order valence-electron chi connectivity index (χ3n) is 2.54. The Balaban J connectivity index is 2.25. The minimum Gasteiger partial charge on any atom is -0.573 e. The summed E-state index contributed by atoms with van der Waals surface area (Å²) in [7, 11) is -3.89. The minimum absolute atomic E-state index is 0.159. The maximum absolute atomic E-state index is 13.0. The van der Waals surface area contributed by atoms with Gasteiger partial charge in [0.25, 0.3) is 0 Å². The highest BCUT2D eigenvalue weighted by atomic mass is 32.2. The van der Waals surface area contributed by atoms with Crippen LogP contribution in [0.2, 0.25) is 0 Å². The highest BCUT2D eigenvalue weighted by Gasteiger charge is 2.05. The summed E-state index contributed by atoms with van der Waals surface area (Å²) in [4.78, 5) is -0.159. The van der Waals surface area contributed by atoms with Crippen molar-refractivity contribution < 1.29 is 18.5 Å². The van der Waals surface area contributed by atoms with E-state index in [1.807, 2.05) is 0 Å². The normalized spacial score (nSPS) is 11.3. The zero-order valence-corrected chi connectivity index (χ0v) is 10.9. The lowest BCUT2D eigenvalue weighted by molar-refractivity contribution is -0.386. The van der Waals surface area contributed by atoms with E-state index in [0.717, 1.165) is 11.6 Å². The van der Waals surface area contributed by atoms with Gasteiger partial charge >= 0.3 is 0 Å². The van der Waals surface area contributed by atoms with E-state index in [-0.39, 0.29) is 4.90 Å². The van der Waals surface area contributed by atoms with Gasteiger partial charge in [-0.05, 0) is 18.2 Å². The van der Waals surface area contributed by atoms with Crippen LogP contribution in [0.15, 0.2) is 53.4 Å². The van der Waals surface area contributed by atoms with Gasteiger partial charge in [0.2, 0.25) is 0 Å². The van der Waals surface area contributed by atoms with E-state index < -0.39 is 15.8 Å². The molecule has 0 aromatic heterocycles. The van der Waals surface area contributed by atoms with Crippen LogP contribution in [0.25, 0.3) is 4.72 Å². The Hall–Kier alpha value is -1.92. The summed E-state index contributed by atoms with van der Waals surface area (Å²) >= 11 is 0. The fourth-order valence-electron chi connectivity index (χ4n) is 1.54. The monoisotopic (exact) mass is 280 g/mol. The quantitative estimate of drug-likeness (QED) is 0.929. The van der Waals surface area contributed by atoms with Gasteiger partial charge in [0.05, 0.1) is 11.4 Å². The van der Waals surface area contributed by atoms with Gasteiger partial charge in [-0.3, -0.25) is 0 Å². The van der Waals surface area contributed by atoms with Crippen molar-refractivity contribution in [2.75, 3.05) is 0 Å². The molecule has 0 aliphatic carbocycles. The highest BCUT2D eigenvalue weighted by Crippen LogP contribution is 2.27. The van der Waals surface area contributed by atoms with Crippen LogP contribution >= 0.6 is 0 Å². The van der Waals surface area contributed by atoms with E-state index in [9.17, 15) is 12.8 Å². The molecule has 0 spiro atoms. The molecule has 0 amide bonds. The van der Waals surface area contributed by atoms with Gasteiger partial charge in [-0.15, -0.1) is 5.69 Å². The van der Waals surface area contributed by atoms with Crippen LogP contribution in [0.4, 0.5) is 10.1 Å². The van der Waals surface area contributed by atoms with Gasteiger partial charge in [0.15, 0.2) is 0 Å². The van der Waals surface area contributed by atoms with Crippen LogP contribution in [0.3, 0.4) is 0 Å². The molecular weight excluding hydrogens is 267 g/mol. The van der Waals surface area contributed by atoms with Gasteiger partial charge in [-0.2, -0.15) is 0 Å². The molecule has 2 aromatic carbocycles. The molecule has 0 bridgehead atoms. The molecule has 0 fully saturated rings. The molecule has 0 atom stereocenters. The second-order valence-corrected chi connectivity index (χ2v) is 5.54. The van der Waals surface area contributed by atoms with E-state index >= 15 is 0 Å². The predicted molar refractivity (Wildman–Crippen MR) is 69.6 cm³/mol. The maximum atomic E-state index is 13.0. The number of hydrogen-bond donors (Lipinski definition) is 1. The molecule has 4 nitrogen and oxygen atoms in total. The Bertz CT molecular complexity index is 669. The summed E-state index contributed by atoms with van der Waals surface area (Å²) in [5, 5.41) is 0. The van der Waals surface area contributed by atoms with Crippen LogP contribution in [-0.2, 0) is 16.6 Å². The van der Waals surface area contributed by atoms with Gasteiger partial charge in [-0.25, -0.2) is 12.8 Å². The SMILES string of the molecule is [NH3+]Cc1ccc([N-]S(=O)(=O)c2cccc(F)c2)cc1. The molecule has 0 heterocycles. The van der Waals surface area contributed by atoms with Gasteiger partial charge < -0.3 is 10.5 Å². The van der Waals surface area contributed by atoms with Crippen molar-refractivity contribution in [2.24, 2.45) is 0 Å². The molecule has 2 aromatic rings. The first kappa shape index (κ1) is 13.5. The molecule has 0 aliphatic rings. The van der Waals surface area contributed by atoms with Crippen LogP contribution in [-0.4, -0.2) is 8.42 Å². The summed E-state index contributed by atoms with van der Waals surface area (Å²) in [6.07, 6.45) is 0. The first-order valence-electron chi connectivity index (χ1n) is 5.63. The molecule has 0 radical (unpaired) electrons. The Labute approximate surface area is 111 Å². The number of halogens is 1. The summed E-state index contributed by atoms with van der Waals surface area (Å²) in [6, 6.07) is 11.5. The van der Waals surface area contributed by atoms with Crippen molar-refractivity contribution in [3.8, 4) is 0 Å². The number of nitrogens with zero attached hydrogens (tertiary/aromatic N) is 1. The fraction of sp³-hybridized carbons (Fsp3) is 0.0769. The Morgan fingerprint density at radius 3 is 2.37 bits per heavy atom. The van der Waals surface area contributed by atoms with E-state index in [0.29, 0.717) is 12.2 Å². The molecule has 3 N–H and O–H groups in total. The summed E-state index contributed by atoms with van der Waals surface area (Å²) in [5.41, 5.74) is 5.02. The molecule has 100 valence electrons. The fourth-order valence-corrected chi connectivity index (χ4v) is 2.56. The zero-order valence-electron chi connectivity index (χ0n) is 10.1. The number of hydrogen-bond acceptors (Lipinski definition) is 2. The average molecular weight is 280 g/mol. The molecule has 0 aliphatic heterocycles. The van der Waals surface area contributed by atoms with Crippen molar-refractivity contribution in [1.29, 1.82) is 0 Å². The Morgan fingerprint density at radius 1 is 1.11 bits per heavy atom. The highest BCUT2D eigenvalue weighted by molar-refractivity contribution is 7.94. The summed E-state index contributed by atoms with van der Waals surface area (Å²) in [5.74, 6) is -0.608. The molecule has 19 heavy (non-hydrogen) atoms. The van der Waals surface area contributed by atoms with Gasteiger partial charge in [-0.1, -0.05) is 30.3 Å². The first-order valence-corrected chi connectivity index (χ1v) is 7.07. The lowest BCUT2D eigenvalue weighted by atomic mass is 10.2. The predicted octanol–water partition coefficient (Wildman–Crippen LogP) is 1.96. The molecule has 0 unspecified atom stereocenters. The van der Waals surface area contributed by atoms with E-state index in [1.54, 1.807) is 24.3 Å². The van der Waals surface area contributed by atoms with Crippen LogP contribution in [0.5, 0.6) is 0 Å². The third-order valence-corrected chi connectivity index (χ3v) is 3.85. The van der Waals surface area contributed by atoms with Crippen molar-refractivity contribution in [3.05, 3.63) is 64.6 Å². The summed E-state index contributed by atoms with van der Waals surface area (Å²) < 4.78 is 40.6. The molecule has 2 rings (SSSR count). The largest absolute Gasteiger partial charge is 0.573 e. The minimum atomic E-state index is -3.89. The first-order chi connectivity index (χ1) is 9.01. The Kier molecular flexibility index (Phi) is 3.82. The lowest BCUT2D eigenvalue weighted by Crippen LogP contribution is -2.47. The second-order valence-electron chi connectivity index (χ2n) is 3.94. The topological polar surface area (TPSA) is 75.9 Å². The average Bonchev–Trinajstić information content (AvgIpc) is 2.39. The Morgan fingerprint density at radius 2 is 1.79 bits per heavy atom. The number of rotatable bonds is 4. The number of benzene rings is 2. The third kappa shape index (κ3) is 3.30. The standard InChI is InChI=1S/C13H12FN2O2S/c14-11-2-1-3-13(8-11)19(17,18)16-12-6-4-10(9-15)5-7-12/h1-8H,9,15H2/q-1/p+1. The second kappa shape index (κ2) is 5.38. The smallest absolute Gasteiger partial charge is 0.124 e. The molecule has 6 heteroatoms. The van der Waals surface area contributed by atoms with Crippen molar-refractivity contribution >= 4 is 15.7 Å². The van der Waals surface area contributed by atoms with Gasteiger partial charge in [0.1, 0.15) is 15.8 Å². The van der Waals surface area contributed by atoms with Crippen LogP contribution < -0.4 is 5.73 Å². The van der Waals surface area contributed by atoms with Gasteiger partial charge in [0, 0.05) is 5.56 Å². The van der Waals surface area contributed by atoms with E-state index in [4.69, 9.17) is 0 Å². The molecule has 0 saturated heterocycles. The molecular formula is C13H13FN2O2S. The zero-order chi connectivity index (χ0) is 13.9. The number of sulfonamides is 1. The molecule has 0 saturated carbocycles. The number of quaternary nitrogens is 1. The van der Waals surface area contributed by atoms with Crippen molar-refractivity contribution in [3.63, 3.8) is 0 Å². The van der Waals surface area contributed by atoms with E-state index in [1.165, 1.54) is 18.2 Å². The van der Waals surface area contributed by atoms with E-state index in [2.05, 4.69) is 10.5 Å². The lowest BCUT2D eigenvalue weighted by Gasteiger charge is -2.21. The maximum Gasteiger partial charge on any atom is 0.124 e. The van der Waals surface area contributed by atoms with Crippen LogP contribution in [0.1, 0.15) is 5.56 Å². The van der Waals surface area contributed by atoms with Crippen LogP contribution in [0, 0.1) is 5.82 Å². The van der Waals surface area contributed by atoms with Crippen molar-refractivity contribution in [2.45, 2.75) is 11.4 Å².